The van der Waals surface area contributed by atoms with Crippen molar-refractivity contribution in [2.45, 2.75) is 84.2 Å². The van der Waals surface area contributed by atoms with Gasteiger partial charge in [-0.15, -0.1) is 0 Å². The normalized spacial score (nSPS) is 22.0. The van der Waals surface area contributed by atoms with Crippen LogP contribution in [0.2, 0.25) is 0 Å². The summed E-state index contributed by atoms with van der Waals surface area (Å²) in [4.78, 5) is 36.2. The first-order valence-electron chi connectivity index (χ1n) is 16.9. The molecule has 0 spiro atoms. The zero-order valence-electron chi connectivity index (χ0n) is 28.2. The highest BCUT2D eigenvalue weighted by atomic mass is 16.6. The number of hydrogen-bond acceptors (Lipinski definition) is 7. The molecule has 250 valence electrons. The van der Waals surface area contributed by atoms with E-state index in [9.17, 15) is 14.7 Å². The number of aliphatic hydroxyl groups is 1. The molecule has 11 heteroatoms. The number of aliphatic hydroxyl groups excluding tert-OH is 1. The van der Waals surface area contributed by atoms with E-state index in [-0.39, 0.29) is 36.6 Å². The Labute approximate surface area is 275 Å². The average molecular weight is 643 g/mol. The molecule has 2 aromatic heterocycles. The van der Waals surface area contributed by atoms with Crippen LogP contribution in [0.15, 0.2) is 36.4 Å². The molecule has 2 fully saturated rings. The number of carbonyl (C=O) groups excluding carboxylic acids is 2. The number of anilines is 1. The van der Waals surface area contributed by atoms with Gasteiger partial charge >= 0.3 is 6.09 Å². The number of methoxy groups -OCH3 is 1. The van der Waals surface area contributed by atoms with Gasteiger partial charge < -0.3 is 38.8 Å². The molecular formula is C36H46N6O5. The lowest BCUT2D eigenvalue weighted by Gasteiger charge is -2.35. The SMILES string of the molecule is CCn1c(-c2cc3cccc4c3n2C(C)CN4CCCO)nc2cc(C(=O)N3C[C@H]4CC[C@@H]3[C@@H]4NC(=O)OC(C)(C)C)cc(OC)c21. The minimum atomic E-state index is -0.587. The Morgan fingerprint density at radius 1 is 1.11 bits per heavy atom. The van der Waals surface area contributed by atoms with Gasteiger partial charge in [0.25, 0.3) is 5.91 Å². The number of alkyl carbamates (subject to hydrolysis) is 1. The third-order valence-corrected chi connectivity index (χ3v) is 10.0. The summed E-state index contributed by atoms with van der Waals surface area (Å²) in [5.74, 6) is 1.56. The van der Waals surface area contributed by atoms with Crippen molar-refractivity contribution in [3.8, 4) is 17.3 Å². The molecule has 1 saturated carbocycles. The summed E-state index contributed by atoms with van der Waals surface area (Å²) in [5.41, 5.74) is 4.89. The molecule has 7 rings (SSSR count). The van der Waals surface area contributed by atoms with Gasteiger partial charge in [0.1, 0.15) is 16.9 Å². The van der Waals surface area contributed by atoms with Crippen molar-refractivity contribution in [3.05, 3.63) is 42.0 Å². The van der Waals surface area contributed by atoms with E-state index in [1.54, 1.807) is 7.11 Å². The van der Waals surface area contributed by atoms with Crippen molar-refractivity contribution >= 4 is 39.6 Å². The Hall–Kier alpha value is -4.25. The minimum absolute atomic E-state index is 0.0780. The van der Waals surface area contributed by atoms with Gasteiger partial charge in [-0.25, -0.2) is 9.78 Å². The number of rotatable bonds is 8. The third kappa shape index (κ3) is 5.28. The number of hydrogen-bond donors (Lipinski definition) is 2. The van der Waals surface area contributed by atoms with Crippen LogP contribution in [0.1, 0.15) is 70.3 Å². The highest BCUT2D eigenvalue weighted by Crippen LogP contribution is 2.43. The number of carbonyl (C=O) groups is 2. The summed E-state index contributed by atoms with van der Waals surface area (Å²) < 4.78 is 16.0. The maximum atomic E-state index is 14.1. The molecule has 4 aromatic rings. The van der Waals surface area contributed by atoms with Crippen LogP contribution in [-0.2, 0) is 11.3 Å². The second kappa shape index (κ2) is 11.8. The average Bonchev–Trinajstić information content (AvgIpc) is 3.80. The fourth-order valence-electron chi connectivity index (χ4n) is 8.19. The first kappa shape index (κ1) is 31.4. The molecular weight excluding hydrogens is 596 g/mol. The van der Waals surface area contributed by atoms with Crippen LogP contribution in [0, 0.1) is 5.92 Å². The molecule has 2 N–H and O–H groups in total. The number of imidazole rings is 1. The predicted molar refractivity (Wildman–Crippen MR) is 182 cm³/mol. The number of aromatic nitrogens is 3. The number of likely N-dealkylation sites (tertiary alicyclic amines) is 1. The second-order valence-corrected chi connectivity index (χ2v) is 14.2. The lowest BCUT2D eigenvalue weighted by Crippen LogP contribution is -2.46. The molecule has 1 saturated heterocycles. The number of aryl methyl sites for hydroxylation is 1. The van der Waals surface area contributed by atoms with Crippen molar-refractivity contribution in [2.24, 2.45) is 5.92 Å². The molecule has 2 bridgehead atoms. The molecule has 1 unspecified atom stereocenters. The molecule has 2 aromatic carbocycles. The van der Waals surface area contributed by atoms with Gasteiger partial charge in [0.15, 0.2) is 5.82 Å². The summed E-state index contributed by atoms with van der Waals surface area (Å²) >= 11 is 0. The van der Waals surface area contributed by atoms with E-state index in [2.05, 4.69) is 57.5 Å². The van der Waals surface area contributed by atoms with Crippen LogP contribution in [0.25, 0.3) is 33.5 Å². The number of nitrogens with zero attached hydrogens (tertiary/aromatic N) is 5. The third-order valence-electron chi connectivity index (χ3n) is 10.0. The molecule has 4 heterocycles. The molecule has 4 atom stereocenters. The van der Waals surface area contributed by atoms with E-state index in [1.165, 1.54) is 11.2 Å². The lowest BCUT2D eigenvalue weighted by atomic mass is 10.1. The number of ether oxygens (including phenoxy) is 2. The smallest absolute Gasteiger partial charge is 0.407 e. The van der Waals surface area contributed by atoms with Crippen LogP contribution in [0.3, 0.4) is 0 Å². The maximum absolute atomic E-state index is 14.1. The summed E-state index contributed by atoms with van der Waals surface area (Å²) in [7, 11) is 1.64. The Balaban J connectivity index is 1.25. The van der Waals surface area contributed by atoms with Gasteiger partial charge in [-0.05, 0) is 84.1 Å². The number of piperidine rings is 1. The summed E-state index contributed by atoms with van der Waals surface area (Å²) in [6, 6.07) is 12.3. The van der Waals surface area contributed by atoms with E-state index in [0.29, 0.717) is 29.9 Å². The van der Waals surface area contributed by atoms with E-state index in [0.717, 1.165) is 54.8 Å². The number of amides is 2. The van der Waals surface area contributed by atoms with Crippen LogP contribution in [0.5, 0.6) is 5.75 Å². The van der Waals surface area contributed by atoms with E-state index < -0.39 is 11.7 Å². The number of para-hydroxylation sites is 1. The van der Waals surface area contributed by atoms with Crippen LogP contribution in [-0.4, -0.2) is 87.2 Å². The minimum Gasteiger partial charge on any atom is -0.494 e. The van der Waals surface area contributed by atoms with E-state index >= 15 is 0 Å². The summed E-state index contributed by atoms with van der Waals surface area (Å²) in [6.07, 6.45) is 2.09. The van der Waals surface area contributed by atoms with Gasteiger partial charge in [0.2, 0.25) is 0 Å². The molecule has 0 radical (unpaired) electrons. The fraction of sp³-hybridized carbons (Fsp3) is 0.528. The van der Waals surface area contributed by atoms with Gasteiger partial charge in [0.05, 0.1) is 41.6 Å². The van der Waals surface area contributed by atoms with Gasteiger partial charge in [-0.3, -0.25) is 4.79 Å². The molecule has 1 aliphatic carbocycles. The monoisotopic (exact) mass is 642 g/mol. The van der Waals surface area contributed by atoms with Crippen molar-refractivity contribution in [1.29, 1.82) is 0 Å². The predicted octanol–water partition coefficient (Wildman–Crippen LogP) is 5.58. The second-order valence-electron chi connectivity index (χ2n) is 14.2. The maximum Gasteiger partial charge on any atom is 0.407 e. The topological polar surface area (TPSA) is 114 Å². The van der Waals surface area contributed by atoms with Crippen molar-refractivity contribution in [1.82, 2.24) is 24.3 Å². The number of benzene rings is 2. The summed E-state index contributed by atoms with van der Waals surface area (Å²) in [5, 5.41) is 13.7. The Morgan fingerprint density at radius 2 is 1.91 bits per heavy atom. The van der Waals surface area contributed by atoms with Crippen molar-refractivity contribution in [3.63, 3.8) is 0 Å². The fourth-order valence-corrected chi connectivity index (χ4v) is 8.19. The van der Waals surface area contributed by atoms with Crippen LogP contribution < -0.4 is 15.0 Å². The van der Waals surface area contributed by atoms with E-state index in [4.69, 9.17) is 14.5 Å². The first-order chi connectivity index (χ1) is 22.5. The molecule has 47 heavy (non-hydrogen) atoms. The zero-order chi connectivity index (χ0) is 33.2. The molecule has 2 aliphatic heterocycles. The Kier molecular flexibility index (Phi) is 7.85. The highest BCUT2D eigenvalue weighted by Gasteiger charge is 2.50. The quantitative estimate of drug-likeness (QED) is 0.258. The number of nitrogens with one attached hydrogen (secondary N) is 1. The van der Waals surface area contributed by atoms with Crippen molar-refractivity contribution in [2.75, 3.05) is 38.3 Å². The largest absolute Gasteiger partial charge is 0.494 e. The van der Waals surface area contributed by atoms with Gasteiger partial charge in [0, 0.05) is 49.8 Å². The summed E-state index contributed by atoms with van der Waals surface area (Å²) in [6.45, 7) is 13.0. The molecule has 3 aliphatic rings. The van der Waals surface area contributed by atoms with Gasteiger partial charge in [-0.2, -0.15) is 0 Å². The molecule has 11 nitrogen and oxygen atoms in total. The first-order valence-corrected chi connectivity index (χ1v) is 16.9. The van der Waals surface area contributed by atoms with Crippen LogP contribution in [0.4, 0.5) is 10.5 Å². The standard InChI is InChI=1S/C36H46N6O5/c1-7-40-32-25(37-33(40)28-17-22-10-8-11-27-31(22)42(28)21(2)19-39(27)14-9-15-43)16-24(18-29(32)46-6)34(44)41-20-23-12-13-26(41)30(23)38-35(45)47-36(3,4)5/h8,10-11,16-18,21,23,26,30,43H,7,9,12-15,19-20H2,1-6H3,(H,38,45)/t21?,23-,26-,30-/m1/s1. The van der Waals surface area contributed by atoms with Crippen LogP contribution >= 0.6 is 0 Å². The Morgan fingerprint density at radius 3 is 2.64 bits per heavy atom. The lowest BCUT2D eigenvalue weighted by molar-refractivity contribution is 0.0485. The molecule has 2 amide bonds. The van der Waals surface area contributed by atoms with E-state index in [1.807, 2.05) is 37.8 Å². The van der Waals surface area contributed by atoms with Gasteiger partial charge in [-0.1, -0.05) is 12.1 Å². The Bertz CT molecular complexity index is 1850. The highest BCUT2D eigenvalue weighted by molar-refractivity contribution is 6.01. The van der Waals surface area contributed by atoms with Crippen molar-refractivity contribution < 1.29 is 24.2 Å². The number of fused-ring (bicyclic) bond motifs is 3. The zero-order valence-corrected chi connectivity index (χ0v) is 28.2.